The van der Waals surface area contributed by atoms with E-state index in [1.165, 1.54) is 7.11 Å². The number of hydrogen-bond donors (Lipinski definition) is 1. The smallest absolute Gasteiger partial charge is 0.332 e. The van der Waals surface area contributed by atoms with Crippen LogP contribution in [0.3, 0.4) is 0 Å². The van der Waals surface area contributed by atoms with Crippen LogP contribution in [0.2, 0.25) is 0 Å². The molecule has 5 nitrogen and oxygen atoms in total. The SMILES string of the molecule is C=C(C)C(=O)OC.CCN(CC)CCC=C(C)C(=O)O. The van der Waals surface area contributed by atoms with Crippen molar-refractivity contribution in [2.75, 3.05) is 26.7 Å². The van der Waals surface area contributed by atoms with Gasteiger partial charge in [0.25, 0.3) is 0 Å². The van der Waals surface area contributed by atoms with Crippen LogP contribution in [0.1, 0.15) is 34.1 Å². The summed E-state index contributed by atoms with van der Waals surface area (Å²) in [6, 6.07) is 0. The maximum Gasteiger partial charge on any atom is 0.332 e. The third-order valence-corrected chi connectivity index (χ3v) is 2.66. The Morgan fingerprint density at radius 2 is 1.75 bits per heavy atom. The lowest BCUT2D eigenvalue weighted by Crippen LogP contribution is -2.23. The minimum absolute atomic E-state index is 0.347. The van der Waals surface area contributed by atoms with Gasteiger partial charge in [0.1, 0.15) is 0 Å². The predicted octanol–water partition coefficient (Wildman–Crippen LogP) is 2.48. The van der Waals surface area contributed by atoms with E-state index in [9.17, 15) is 9.59 Å². The van der Waals surface area contributed by atoms with E-state index in [0.717, 1.165) is 26.1 Å². The Bertz CT molecular complexity index is 344. The number of rotatable bonds is 7. The molecular weight excluding hydrogens is 258 g/mol. The van der Waals surface area contributed by atoms with E-state index in [4.69, 9.17) is 5.11 Å². The monoisotopic (exact) mass is 285 g/mol. The van der Waals surface area contributed by atoms with Crippen LogP contribution in [-0.2, 0) is 14.3 Å². The van der Waals surface area contributed by atoms with Crippen molar-refractivity contribution in [3.63, 3.8) is 0 Å². The summed E-state index contributed by atoms with van der Waals surface area (Å²) in [5.41, 5.74) is 0.870. The number of methoxy groups -OCH3 is 1. The van der Waals surface area contributed by atoms with Crippen LogP contribution in [-0.4, -0.2) is 48.7 Å². The molecule has 0 saturated heterocycles. The van der Waals surface area contributed by atoms with Crippen molar-refractivity contribution in [1.82, 2.24) is 4.90 Å². The minimum Gasteiger partial charge on any atom is -0.478 e. The van der Waals surface area contributed by atoms with Crippen molar-refractivity contribution in [2.45, 2.75) is 34.1 Å². The lowest BCUT2D eigenvalue weighted by molar-refractivity contribution is -0.136. The summed E-state index contributed by atoms with van der Waals surface area (Å²) in [6.45, 7) is 13.8. The lowest BCUT2D eigenvalue weighted by Gasteiger charge is -2.16. The Morgan fingerprint density at radius 1 is 1.25 bits per heavy atom. The van der Waals surface area contributed by atoms with Gasteiger partial charge >= 0.3 is 11.9 Å². The van der Waals surface area contributed by atoms with Gasteiger partial charge in [-0.1, -0.05) is 26.5 Å². The minimum atomic E-state index is -0.820. The number of carboxylic acids is 1. The highest BCUT2D eigenvalue weighted by molar-refractivity contribution is 5.86. The molecule has 0 aromatic carbocycles. The van der Waals surface area contributed by atoms with Gasteiger partial charge in [-0.2, -0.15) is 0 Å². The first-order chi connectivity index (χ1) is 9.29. The van der Waals surface area contributed by atoms with Gasteiger partial charge in [-0.25, -0.2) is 9.59 Å². The van der Waals surface area contributed by atoms with Crippen molar-refractivity contribution in [1.29, 1.82) is 0 Å². The zero-order valence-corrected chi connectivity index (χ0v) is 13.2. The maximum atomic E-state index is 10.4. The van der Waals surface area contributed by atoms with Crippen molar-refractivity contribution in [3.8, 4) is 0 Å². The van der Waals surface area contributed by atoms with Gasteiger partial charge in [0.15, 0.2) is 0 Å². The zero-order chi connectivity index (χ0) is 16.1. The first-order valence-corrected chi connectivity index (χ1v) is 6.66. The van der Waals surface area contributed by atoms with Gasteiger partial charge in [0.2, 0.25) is 0 Å². The number of carbonyl (C=O) groups is 2. The molecule has 0 aliphatic carbocycles. The number of carbonyl (C=O) groups excluding carboxylic acids is 1. The Balaban J connectivity index is 0. The molecule has 0 unspecified atom stereocenters. The first kappa shape index (κ1) is 20.7. The number of aliphatic carboxylic acids is 1. The molecule has 0 spiro atoms. The average Bonchev–Trinajstić information content (AvgIpc) is 2.42. The highest BCUT2D eigenvalue weighted by Gasteiger charge is 2.00. The van der Waals surface area contributed by atoms with E-state index in [0.29, 0.717) is 11.1 Å². The predicted molar refractivity (Wildman–Crippen MR) is 80.6 cm³/mol. The van der Waals surface area contributed by atoms with Crippen LogP contribution in [0, 0.1) is 0 Å². The van der Waals surface area contributed by atoms with Gasteiger partial charge in [0, 0.05) is 17.7 Å². The largest absolute Gasteiger partial charge is 0.478 e. The third-order valence-electron chi connectivity index (χ3n) is 2.66. The molecular formula is C15H27NO4. The molecule has 0 atom stereocenters. The molecule has 0 aromatic heterocycles. The first-order valence-electron chi connectivity index (χ1n) is 6.66. The Labute approximate surface area is 121 Å². The van der Waals surface area contributed by atoms with Crippen LogP contribution in [0.5, 0.6) is 0 Å². The molecule has 0 heterocycles. The van der Waals surface area contributed by atoms with Gasteiger partial charge in [0.05, 0.1) is 7.11 Å². The molecule has 5 heteroatoms. The molecule has 1 N–H and O–H groups in total. The van der Waals surface area contributed by atoms with E-state index < -0.39 is 5.97 Å². The summed E-state index contributed by atoms with van der Waals surface area (Å²) in [7, 11) is 1.33. The summed E-state index contributed by atoms with van der Waals surface area (Å²) >= 11 is 0. The van der Waals surface area contributed by atoms with Gasteiger partial charge < -0.3 is 14.7 Å². The Kier molecular flexibility index (Phi) is 12.8. The lowest BCUT2D eigenvalue weighted by atomic mass is 10.2. The zero-order valence-electron chi connectivity index (χ0n) is 13.2. The fraction of sp³-hybridized carbons (Fsp3) is 0.600. The molecule has 0 saturated carbocycles. The molecule has 0 aromatic rings. The van der Waals surface area contributed by atoms with E-state index in [-0.39, 0.29) is 5.97 Å². The van der Waals surface area contributed by atoms with Gasteiger partial charge in [-0.05, 0) is 33.4 Å². The third kappa shape index (κ3) is 11.5. The number of esters is 1. The molecule has 0 aliphatic rings. The van der Waals surface area contributed by atoms with Crippen molar-refractivity contribution in [2.24, 2.45) is 0 Å². The van der Waals surface area contributed by atoms with E-state index in [1.807, 2.05) is 0 Å². The molecule has 0 aliphatic heterocycles. The molecule has 0 radical (unpaired) electrons. The molecule has 0 amide bonds. The molecule has 116 valence electrons. The molecule has 0 bridgehead atoms. The second-order valence-electron chi connectivity index (χ2n) is 4.28. The van der Waals surface area contributed by atoms with Crippen LogP contribution in [0.15, 0.2) is 23.8 Å². The Morgan fingerprint density at radius 3 is 2.00 bits per heavy atom. The van der Waals surface area contributed by atoms with Gasteiger partial charge in [-0.3, -0.25) is 0 Å². The van der Waals surface area contributed by atoms with Crippen molar-refractivity contribution >= 4 is 11.9 Å². The number of nitrogens with zero attached hydrogens (tertiary/aromatic N) is 1. The summed E-state index contributed by atoms with van der Waals surface area (Å²) in [6.07, 6.45) is 2.60. The number of hydrogen-bond acceptors (Lipinski definition) is 4. The fourth-order valence-electron chi connectivity index (χ4n) is 1.27. The standard InChI is InChI=1S/C10H19NO2.C5H8O2/c1-4-11(5-2)8-6-7-9(3)10(12)13;1-4(2)5(6)7-3/h7H,4-6,8H2,1-3H3,(H,12,13);1H2,2-3H3. The van der Waals surface area contributed by atoms with Crippen molar-refractivity contribution in [3.05, 3.63) is 23.8 Å². The van der Waals surface area contributed by atoms with Crippen molar-refractivity contribution < 1.29 is 19.4 Å². The summed E-state index contributed by atoms with van der Waals surface area (Å²) in [5.74, 6) is -1.17. The summed E-state index contributed by atoms with van der Waals surface area (Å²) in [5, 5.41) is 8.58. The normalized spacial score (nSPS) is 10.6. The average molecular weight is 285 g/mol. The van der Waals surface area contributed by atoms with Crippen LogP contribution in [0.4, 0.5) is 0 Å². The summed E-state index contributed by atoms with van der Waals surface area (Å²) in [4.78, 5) is 22.9. The molecule has 0 rings (SSSR count). The highest BCUT2D eigenvalue weighted by Crippen LogP contribution is 1.97. The molecule has 20 heavy (non-hydrogen) atoms. The fourth-order valence-corrected chi connectivity index (χ4v) is 1.27. The van der Waals surface area contributed by atoms with E-state index in [1.54, 1.807) is 19.9 Å². The van der Waals surface area contributed by atoms with Crippen LogP contribution < -0.4 is 0 Å². The second kappa shape index (κ2) is 12.4. The Hall–Kier alpha value is -1.62. The highest BCUT2D eigenvalue weighted by atomic mass is 16.5. The van der Waals surface area contributed by atoms with E-state index in [2.05, 4.69) is 30.1 Å². The quantitative estimate of drug-likeness (QED) is 0.575. The second-order valence-corrected chi connectivity index (χ2v) is 4.28. The number of ether oxygens (including phenoxy) is 1. The maximum absolute atomic E-state index is 10.4. The topological polar surface area (TPSA) is 66.8 Å². The number of carboxylic acid groups (broad SMARTS) is 1. The van der Waals surface area contributed by atoms with E-state index >= 15 is 0 Å². The summed E-state index contributed by atoms with van der Waals surface area (Å²) < 4.78 is 4.27. The molecule has 0 fully saturated rings. The van der Waals surface area contributed by atoms with Crippen LogP contribution >= 0.6 is 0 Å². The van der Waals surface area contributed by atoms with Crippen LogP contribution in [0.25, 0.3) is 0 Å². The van der Waals surface area contributed by atoms with Gasteiger partial charge in [-0.15, -0.1) is 0 Å².